The molecule has 0 bridgehead atoms. The molecule has 0 aliphatic carbocycles. The SMILES string of the molecule is N#CCC(=O)Nc1ccc(C(=O)OCc2c(F)cccc2Cl)cc1. The van der Waals surface area contributed by atoms with E-state index in [2.05, 4.69) is 5.32 Å². The summed E-state index contributed by atoms with van der Waals surface area (Å²) in [6.45, 7) is -0.287. The van der Waals surface area contributed by atoms with Crippen molar-refractivity contribution in [2.24, 2.45) is 0 Å². The van der Waals surface area contributed by atoms with E-state index < -0.39 is 17.7 Å². The summed E-state index contributed by atoms with van der Waals surface area (Å²) >= 11 is 5.86. The molecule has 2 aromatic rings. The Morgan fingerprint density at radius 2 is 1.92 bits per heavy atom. The summed E-state index contributed by atoms with van der Waals surface area (Å²) in [4.78, 5) is 23.2. The van der Waals surface area contributed by atoms with Crippen LogP contribution in [-0.4, -0.2) is 11.9 Å². The molecule has 0 heterocycles. The second-order valence-electron chi connectivity index (χ2n) is 4.74. The lowest BCUT2D eigenvalue weighted by atomic mass is 10.2. The zero-order valence-corrected chi connectivity index (χ0v) is 13.1. The van der Waals surface area contributed by atoms with Crippen molar-refractivity contribution in [3.63, 3.8) is 0 Å². The molecule has 0 aliphatic heterocycles. The van der Waals surface area contributed by atoms with Crippen LogP contribution in [0, 0.1) is 17.1 Å². The summed E-state index contributed by atoms with van der Waals surface area (Å²) in [6, 6.07) is 11.8. The zero-order valence-electron chi connectivity index (χ0n) is 12.4. The zero-order chi connectivity index (χ0) is 17.5. The highest BCUT2D eigenvalue weighted by Crippen LogP contribution is 2.20. The molecule has 24 heavy (non-hydrogen) atoms. The normalized spacial score (nSPS) is 9.88. The number of nitriles is 1. The lowest BCUT2D eigenvalue weighted by Crippen LogP contribution is -2.10. The molecular formula is C17H12ClFN2O3. The number of esters is 1. The molecule has 0 saturated carbocycles. The van der Waals surface area contributed by atoms with Crippen molar-refractivity contribution in [1.82, 2.24) is 0 Å². The Balaban J connectivity index is 1.98. The van der Waals surface area contributed by atoms with Crippen LogP contribution in [0.2, 0.25) is 5.02 Å². The first-order chi connectivity index (χ1) is 11.5. The molecule has 2 rings (SSSR count). The first-order valence-corrected chi connectivity index (χ1v) is 7.26. The molecule has 7 heteroatoms. The molecule has 0 aromatic heterocycles. The number of halogens is 2. The van der Waals surface area contributed by atoms with Crippen molar-refractivity contribution in [1.29, 1.82) is 5.26 Å². The van der Waals surface area contributed by atoms with Crippen LogP contribution < -0.4 is 5.32 Å². The highest BCUT2D eigenvalue weighted by molar-refractivity contribution is 6.31. The Bertz CT molecular complexity index is 780. The third-order valence-electron chi connectivity index (χ3n) is 3.05. The molecule has 0 aliphatic rings. The van der Waals surface area contributed by atoms with Crippen LogP contribution in [0.25, 0.3) is 0 Å². The van der Waals surface area contributed by atoms with Crippen LogP contribution in [0.4, 0.5) is 10.1 Å². The van der Waals surface area contributed by atoms with Gasteiger partial charge < -0.3 is 10.1 Å². The predicted molar refractivity (Wildman–Crippen MR) is 85.8 cm³/mol. The number of carbonyl (C=O) groups is 2. The Morgan fingerprint density at radius 3 is 2.54 bits per heavy atom. The fraction of sp³-hybridized carbons (Fsp3) is 0.118. The molecular weight excluding hydrogens is 335 g/mol. The van der Waals surface area contributed by atoms with Crippen LogP contribution in [0.3, 0.4) is 0 Å². The topological polar surface area (TPSA) is 79.2 Å². The van der Waals surface area contributed by atoms with Gasteiger partial charge in [0.15, 0.2) is 0 Å². The number of anilines is 1. The van der Waals surface area contributed by atoms with Gasteiger partial charge in [-0.1, -0.05) is 17.7 Å². The van der Waals surface area contributed by atoms with Gasteiger partial charge in [-0.2, -0.15) is 5.26 Å². The van der Waals surface area contributed by atoms with Gasteiger partial charge in [-0.3, -0.25) is 4.79 Å². The number of nitrogens with one attached hydrogen (secondary N) is 1. The molecule has 1 N–H and O–H groups in total. The van der Waals surface area contributed by atoms with Crippen molar-refractivity contribution >= 4 is 29.2 Å². The monoisotopic (exact) mass is 346 g/mol. The summed E-state index contributed by atoms with van der Waals surface area (Å²) in [5.74, 6) is -1.64. The van der Waals surface area contributed by atoms with Gasteiger partial charge in [0.1, 0.15) is 18.8 Å². The van der Waals surface area contributed by atoms with Gasteiger partial charge in [0.2, 0.25) is 5.91 Å². The number of rotatable bonds is 5. The maximum Gasteiger partial charge on any atom is 0.338 e. The van der Waals surface area contributed by atoms with E-state index in [4.69, 9.17) is 21.6 Å². The van der Waals surface area contributed by atoms with E-state index in [0.29, 0.717) is 5.69 Å². The standard InChI is InChI=1S/C17H12ClFN2O3/c18-14-2-1-3-15(19)13(14)10-24-17(23)11-4-6-12(7-5-11)21-16(22)8-9-20/h1-7H,8,10H2,(H,21,22). The van der Waals surface area contributed by atoms with Gasteiger partial charge in [0.25, 0.3) is 0 Å². The Morgan fingerprint density at radius 1 is 1.21 bits per heavy atom. The second kappa shape index (κ2) is 8.09. The van der Waals surface area contributed by atoms with E-state index in [1.54, 1.807) is 6.07 Å². The number of ether oxygens (including phenoxy) is 1. The van der Waals surface area contributed by atoms with E-state index in [1.165, 1.54) is 42.5 Å². The fourth-order valence-corrected chi connectivity index (χ4v) is 2.08. The minimum Gasteiger partial charge on any atom is -0.457 e. The van der Waals surface area contributed by atoms with E-state index >= 15 is 0 Å². The van der Waals surface area contributed by atoms with Crippen LogP contribution >= 0.6 is 11.6 Å². The van der Waals surface area contributed by atoms with Crippen molar-refractivity contribution in [3.05, 3.63) is 64.4 Å². The molecule has 122 valence electrons. The van der Waals surface area contributed by atoms with E-state index in [9.17, 15) is 14.0 Å². The first kappa shape index (κ1) is 17.4. The lowest BCUT2D eigenvalue weighted by Gasteiger charge is -2.08. The Kier molecular flexibility index (Phi) is 5.88. The predicted octanol–water partition coefficient (Wildman–Crippen LogP) is 3.69. The van der Waals surface area contributed by atoms with Crippen molar-refractivity contribution in [2.75, 3.05) is 5.32 Å². The van der Waals surface area contributed by atoms with Gasteiger partial charge in [-0.25, -0.2) is 9.18 Å². The van der Waals surface area contributed by atoms with Gasteiger partial charge in [-0.15, -0.1) is 0 Å². The molecule has 5 nitrogen and oxygen atoms in total. The number of hydrogen-bond donors (Lipinski definition) is 1. The molecule has 0 fully saturated rings. The van der Waals surface area contributed by atoms with Gasteiger partial charge in [0.05, 0.1) is 16.7 Å². The number of nitrogens with zero attached hydrogens (tertiary/aromatic N) is 1. The van der Waals surface area contributed by atoms with E-state index in [0.717, 1.165) is 0 Å². The first-order valence-electron chi connectivity index (χ1n) is 6.88. The van der Waals surface area contributed by atoms with Gasteiger partial charge in [-0.05, 0) is 36.4 Å². The molecule has 0 atom stereocenters. The Labute approximate surface area is 142 Å². The van der Waals surface area contributed by atoms with Crippen LogP contribution in [0.5, 0.6) is 0 Å². The van der Waals surface area contributed by atoms with Crippen molar-refractivity contribution in [3.8, 4) is 6.07 Å². The maximum atomic E-state index is 13.6. The highest BCUT2D eigenvalue weighted by Gasteiger charge is 2.12. The van der Waals surface area contributed by atoms with Gasteiger partial charge in [0, 0.05) is 11.3 Å². The molecule has 2 aromatic carbocycles. The minimum atomic E-state index is -0.649. The highest BCUT2D eigenvalue weighted by atomic mass is 35.5. The average molecular weight is 347 g/mol. The molecule has 0 unspecified atom stereocenters. The fourth-order valence-electron chi connectivity index (χ4n) is 1.86. The molecule has 1 amide bonds. The summed E-state index contributed by atoms with van der Waals surface area (Å²) in [6.07, 6.45) is -0.257. The largest absolute Gasteiger partial charge is 0.457 e. The van der Waals surface area contributed by atoms with Gasteiger partial charge >= 0.3 is 5.97 Å². The van der Waals surface area contributed by atoms with E-state index in [-0.39, 0.29) is 29.2 Å². The van der Waals surface area contributed by atoms with Crippen molar-refractivity contribution < 1.29 is 18.7 Å². The third kappa shape index (κ3) is 4.54. The summed E-state index contributed by atoms with van der Waals surface area (Å²) in [5.41, 5.74) is 0.789. The van der Waals surface area contributed by atoms with Crippen LogP contribution in [-0.2, 0) is 16.1 Å². The molecule has 0 spiro atoms. The molecule has 0 radical (unpaired) electrons. The number of hydrogen-bond acceptors (Lipinski definition) is 4. The number of amides is 1. The Hall–Kier alpha value is -2.91. The summed E-state index contributed by atoms with van der Waals surface area (Å²) < 4.78 is 18.6. The van der Waals surface area contributed by atoms with Crippen LogP contribution in [0.1, 0.15) is 22.3 Å². The quantitative estimate of drug-likeness (QED) is 0.837. The average Bonchev–Trinajstić information content (AvgIpc) is 2.55. The lowest BCUT2D eigenvalue weighted by molar-refractivity contribution is -0.115. The van der Waals surface area contributed by atoms with Crippen molar-refractivity contribution in [2.45, 2.75) is 13.0 Å². The second-order valence-corrected chi connectivity index (χ2v) is 5.14. The minimum absolute atomic E-state index is 0.105. The smallest absolute Gasteiger partial charge is 0.338 e. The number of carbonyl (C=O) groups excluding carboxylic acids is 2. The third-order valence-corrected chi connectivity index (χ3v) is 3.41. The molecule has 0 saturated heterocycles. The summed E-state index contributed by atoms with van der Waals surface area (Å²) in [7, 11) is 0. The van der Waals surface area contributed by atoms with E-state index in [1.807, 2.05) is 0 Å². The number of benzene rings is 2. The maximum absolute atomic E-state index is 13.6. The van der Waals surface area contributed by atoms with Crippen LogP contribution in [0.15, 0.2) is 42.5 Å². The summed E-state index contributed by atoms with van der Waals surface area (Å²) in [5, 5.41) is 11.1.